The van der Waals surface area contributed by atoms with Crippen molar-refractivity contribution in [3.8, 4) is 0 Å². The van der Waals surface area contributed by atoms with E-state index >= 15 is 0 Å². The van der Waals surface area contributed by atoms with Gasteiger partial charge in [0.25, 0.3) is 5.56 Å². The lowest BCUT2D eigenvalue weighted by atomic mass is 9.97. The zero-order valence-corrected chi connectivity index (χ0v) is 16.5. The van der Waals surface area contributed by atoms with Crippen molar-refractivity contribution in [2.45, 2.75) is 56.3 Å². The number of amides is 1. The number of hydrogen-bond donors (Lipinski definition) is 1. The molecule has 140 valence electrons. The number of nitrogens with zero attached hydrogens (tertiary/aromatic N) is 2. The minimum Gasteiger partial charge on any atom is -0.383 e. The lowest BCUT2D eigenvalue weighted by molar-refractivity contribution is -0.118. The van der Waals surface area contributed by atoms with E-state index in [2.05, 4.69) is 5.32 Å². The molecule has 1 amide bonds. The number of ether oxygens (including phenoxy) is 1. The van der Waals surface area contributed by atoms with Crippen LogP contribution in [-0.2, 0) is 28.9 Å². The first-order valence-electron chi connectivity index (χ1n) is 9.13. The van der Waals surface area contributed by atoms with Crippen LogP contribution >= 0.6 is 23.1 Å². The van der Waals surface area contributed by atoms with Gasteiger partial charge in [0.15, 0.2) is 5.16 Å². The highest BCUT2D eigenvalue weighted by Crippen LogP contribution is 2.34. The molecular formula is C18H23N3O3S2. The SMILES string of the molecule is COCCn1c(SCC(=O)NC2CC2)nc2sc3c(c2c1=O)CCCC3. The van der Waals surface area contributed by atoms with Gasteiger partial charge in [0.2, 0.25) is 5.91 Å². The summed E-state index contributed by atoms with van der Waals surface area (Å²) in [6.45, 7) is 0.900. The first-order valence-corrected chi connectivity index (χ1v) is 10.9. The van der Waals surface area contributed by atoms with Crippen molar-refractivity contribution in [3.05, 3.63) is 20.8 Å². The Morgan fingerprint density at radius 2 is 2.19 bits per heavy atom. The zero-order valence-electron chi connectivity index (χ0n) is 14.9. The van der Waals surface area contributed by atoms with Crippen molar-refractivity contribution in [1.29, 1.82) is 0 Å². The van der Waals surface area contributed by atoms with Gasteiger partial charge in [-0.05, 0) is 44.1 Å². The first-order chi connectivity index (χ1) is 12.7. The largest absolute Gasteiger partial charge is 0.383 e. The number of aromatic nitrogens is 2. The zero-order chi connectivity index (χ0) is 18.1. The Hall–Kier alpha value is -1.38. The van der Waals surface area contributed by atoms with Gasteiger partial charge in [-0.15, -0.1) is 11.3 Å². The predicted molar refractivity (Wildman–Crippen MR) is 104 cm³/mol. The van der Waals surface area contributed by atoms with Crippen molar-refractivity contribution >= 4 is 39.2 Å². The van der Waals surface area contributed by atoms with Crippen LogP contribution in [0.5, 0.6) is 0 Å². The lowest BCUT2D eigenvalue weighted by Crippen LogP contribution is -2.29. The number of thioether (sulfide) groups is 1. The van der Waals surface area contributed by atoms with E-state index < -0.39 is 0 Å². The van der Waals surface area contributed by atoms with Crippen LogP contribution in [-0.4, -0.2) is 41.0 Å². The van der Waals surface area contributed by atoms with Gasteiger partial charge in [-0.25, -0.2) is 4.98 Å². The van der Waals surface area contributed by atoms with Crippen molar-refractivity contribution in [1.82, 2.24) is 14.9 Å². The number of rotatable bonds is 7. The molecule has 26 heavy (non-hydrogen) atoms. The number of thiophene rings is 1. The summed E-state index contributed by atoms with van der Waals surface area (Å²) in [6, 6.07) is 0.346. The van der Waals surface area contributed by atoms with Gasteiger partial charge in [-0.3, -0.25) is 14.2 Å². The van der Waals surface area contributed by atoms with Crippen LogP contribution in [0.3, 0.4) is 0 Å². The predicted octanol–water partition coefficient (Wildman–Crippen LogP) is 2.35. The van der Waals surface area contributed by atoms with Gasteiger partial charge in [-0.1, -0.05) is 11.8 Å². The van der Waals surface area contributed by atoms with Gasteiger partial charge < -0.3 is 10.1 Å². The van der Waals surface area contributed by atoms with Crippen LogP contribution in [0, 0.1) is 0 Å². The Labute approximate surface area is 160 Å². The number of aryl methyl sites for hydroxylation is 2. The molecular weight excluding hydrogens is 370 g/mol. The van der Waals surface area contributed by atoms with Crippen LogP contribution in [0.4, 0.5) is 0 Å². The number of carbonyl (C=O) groups excluding carboxylic acids is 1. The molecule has 8 heteroatoms. The summed E-state index contributed by atoms with van der Waals surface area (Å²) in [7, 11) is 1.62. The van der Waals surface area contributed by atoms with Gasteiger partial charge in [-0.2, -0.15) is 0 Å². The molecule has 0 spiro atoms. The Morgan fingerprint density at radius 3 is 2.96 bits per heavy atom. The molecule has 2 aromatic heterocycles. The molecule has 1 N–H and O–H groups in total. The lowest BCUT2D eigenvalue weighted by Gasteiger charge is -2.13. The summed E-state index contributed by atoms with van der Waals surface area (Å²) in [6.07, 6.45) is 6.46. The van der Waals surface area contributed by atoms with Gasteiger partial charge in [0, 0.05) is 18.0 Å². The van der Waals surface area contributed by atoms with Gasteiger partial charge in [0.1, 0.15) is 4.83 Å². The van der Waals surface area contributed by atoms with Crippen LogP contribution in [0.15, 0.2) is 9.95 Å². The van der Waals surface area contributed by atoms with E-state index in [1.54, 1.807) is 23.0 Å². The average molecular weight is 394 g/mol. The molecule has 0 radical (unpaired) electrons. The molecule has 1 saturated carbocycles. The summed E-state index contributed by atoms with van der Waals surface area (Å²) in [5.74, 6) is 0.294. The third-order valence-electron chi connectivity index (χ3n) is 4.83. The highest BCUT2D eigenvalue weighted by atomic mass is 32.2. The van der Waals surface area contributed by atoms with E-state index in [9.17, 15) is 9.59 Å². The summed E-state index contributed by atoms with van der Waals surface area (Å²) < 4.78 is 6.86. The molecule has 2 aliphatic rings. The van der Waals surface area contributed by atoms with Crippen molar-refractivity contribution in [2.75, 3.05) is 19.5 Å². The highest BCUT2D eigenvalue weighted by molar-refractivity contribution is 7.99. The summed E-state index contributed by atoms with van der Waals surface area (Å²) in [5, 5.41) is 4.38. The third kappa shape index (κ3) is 3.68. The topological polar surface area (TPSA) is 73.2 Å². The third-order valence-corrected chi connectivity index (χ3v) is 7.00. The van der Waals surface area contributed by atoms with E-state index in [-0.39, 0.29) is 17.2 Å². The van der Waals surface area contributed by atoms with Crippen LogP contribution in [0.25, 0.3) is 10.2 Å². The Kier molecular flexibility index (Phi) is 5.33. The number of methoxy groups -OCH3 is 1. The van der Waals surface area contributed by atoms with E-state index in [1.165, 1.54) is 28.6 Å². The maximum absolute atomic E-state index is 13.2. The quantitative estimate of drug-likeness (QED) is 0.577. The highest BCUT2D eigenvalue weighted by Gasteiger charge is 2.25. The molecule has 0 aromatic carbocycles. The fourth-order valence-corrected chi connectivity index (χ4v) is 5.48. The second-order valence-corrected chi connectivity index (χ2v) is 8.89. The first kappa shape index (κ1) is 18.0. The van der Waals surface area contributed by atoms with Crippen LogP contribution in [0.2, 0.25) is 0 Å². The Morgan fingerprint density at radius 1 is 1.38 bits per heavy atom. The Balaban J connectivity index is 1.67. The summed E-state index contributed by atoms with van der Waals surface area (Å²) in [4.78, 5) is 32.1. The molecule has 0 bridgehead atoms. The monoisotopic (exact) mass is 393 g/mol. The molecule has 2 aromatic rings. The number of fused-ring (bicyclic) bond motifs is 3. The van der Waals surface area contributed by atoms with Crippen molar-refractivity contribution < 1.29 is 9.53 Å². The second kappa shape index (κ2) is 7.70. The normalized spacial score (nSPS) is 16.7. The molecule has 1 fully saturated rings. The van der Waals surface area contributed by atoms with Crippen molar-refractivity contribution in [3.63, 3.8) is 0 Å². The molecule has 0 atom stereocenters. The molecule has 0 saturated heterocycles. The van der Waals surface area contributed by atoms with Gasteiger partial charge in [0.05, 0.1) is 24.3 Å². The van der Waals surface area contributed by atoms with Crippen molar-refractivity contribution in [2.24, 2.45) is 0 Å². The fourth-order valence-electron chi connectivity index (χ4n) is 3.34. The smallest absolute Gasteiger partial charge is 0.263 e. The van der Waals surface area contributed by atoms with E-state index in [4.69, 9.17) is 9.72 Å². The standard InChI is InChI=1S/C18H23N3O3S2/c1-24-9-8-21-17(23)15-12-4-2-3-5-13(12)26-16(15)20-18(21)25-10-14(22)19-11-6-7-11/h11H,2-10H2,1H3,(H,19,22). The number of nitrogens with one attached hydrogen (secondary N) is 1. The molecule has 6 nitrogen and oxygen atoms in total. The minimum absolute atomic E-state index is 0.00983. The molecule has 4 rings (SSSR count). The molecule has 0 aliphatic heterocycles. The maximum Gasteiger partial charge on any atom is 0.263 e. The minimum atomic E-state index is 0.00983. The molecule has 2 aliphatic carbocycles. The van der Waals surface area contributed by atoms with E-state index in [0.717, 1.165) is 42.3 Å². The Bertz CT molecular complexity index is 886. The number of carbonyl (C=O) groups is 1. The average Bonchev–Trinajstić information content (AvgIpc) is 3.36. The van der Waals surface area contributed by atoms with E-state index in [1.807, 2.05) is 0 Å². The van der Waals surface area contributed by atoms with Gasteiger partial charge >= 0.3 is 0 Å². The molecule has 2 heterocycles. The maximum atomic E-state index is 13.2. The van der Waals surface area contributed by atoms with E-state index in [0.29, 0.717) is 24.3 Å². The summed E-state index contributed by atoms with van der Waals surface area (Å²) >= 11 is 2.99. The molecule has 0 unspecified atom stereocenters. The number of hydrogen-bond acceptors (Lipinski definition) is 6. The van der Waals surface area contributed by atoms with Crippen LogP contribution in [0.1, 0.15) is 36.1 Å². The second-order valence-electron chi connectivity index (χ2n) is 6.87. The van der Waals surface area contributed by atoms with Crippen LogP contribution < -0.4 is 10.9 Å². The summed E-state index contributed by atoms with van der Waals surface area (Å²) in [5.41, 5.74) is 1.21. The fraction of sp³-hybridized carbons (Fsp3) is 0.611.